The monoisotopic (exact) mass is 486 g/mol. The Labute approximate surface area is 174 Å². The first-order valence-corrected chi connectivity index (χ1v) is 17.4. The summed E-state index contributed by atoms with van der Waals surface area (Å²) >= 11 is 3.64. The van der Waals surface area contributed by atoms with Crippen molar-refractivity contribution in [3.63, 3.8) is 0 Å². The summed E-state index contributed by atoms with van der Waals surface area (Å²) in [5.41, 5.74) is 0. The number of rotatable bonds is 18. The van der Waals surface area contributed by atoms with E-state index in [0.29, 0.717) is 0 Å². The number of hydrogen-bond donors (Lipinski definition) is 0. The first kappa shape index (κ1) is 26.9. The van der Waals surface area contributed by atoms with Crippen molar-refractivity contribution in [1.82, 2.24) is 0 Å². The molecule has 0 radical (unpaired) electrons. The number of thioether (sulfide) groups is 2. The van der Waals surface area contributed by atoms with Gasteiger partial charge in [-0.05, 0) is 9.83 Å². The van der Waals surface area contributed by atoms with Crippen LogP contribution < -0.4 is 0 Å². The van der Waals surface area contributed by atoms with E-state index in [1.54, 1.807) is 42.7 Å². The molecule has 0 aromatic rings. The normalized spacial score (nSPS) is 12.7. The van der Waals surface area contributed by atoms with E-state index in [4.69, 9.17) is 26.6 Å². The quantitative estimate of drug-likeness (QED) is 0.163. The third-order valence-electron chi connectivity index (χ3n) is 3.14. The van der Waals surface area contributed by atoms with Crippen molar-refractivity contribution in [3.05, 3.63) is 0 Å². The van der Waals surface area contributed by atoms with Gasteiger partial charge in [0.25, 0.3) is 0 Å². The van der Waals surface area contributed by atoms with Crippen LogP contribution in [0.1, 0.15) is 0 Å². The molecule has 13 heteroatoms. The van der Waals surface area contributed by atoms with Gasteiger partial charge in [0.2, 0.25) is 0 Å². The fourth-order valence-corrected chi connectivity index (χ4v) is 13.9. The molecule has 0 bridgehead atoms. The molecule has 0 unspecified atom stereocenters. The molecule has 152 valence electrons. The lowest BCUT2D eigenvalue weighted by Gasteiger charge is -2.23. The van der Waals surface area contributed by atoms with Crippen LogP contribution in [0.5, 0.6) is 0 Å². The fraction of sp³-hybridized carbons (Fsp3) is 1.00. The summed E-state index contributed by atoms with van der Waals surface area (Å²) in [4.78, 5) is 0. The van der Waals surface area contributed by atoms with E-state index in [1.165, 1.54) is 0 Å². The van der Waals surface area contributed by atoms with Gasteiger partial charge >= 0.3 is 17.6 Å². The van der Waals surface area contributed by atoms with E-state index in [1.807, 2.05) is 54.9 Å². The lowest BCUT2D eigenvalue weighted by molar-refractivity contribution is 0.130. The molecular weight excluding hydrogens is 457 g/mol. The minimum atomic E-state index is -2.42. The molecule has 0 aliphatic rings. The molecule has 0 aromatic heterocycles. The average Bonchev–Trinajstić information content (AvgIpc) is 2.67. The largest absolute Gasteiger partial charge is 0.510 e. The minimum absolute atomic E-state index is 0.787. The van der Waals surface area contributed by atoms with Gasteiger partial charge in [-0.3, -0.25) is 0 Å². The molecular formula is C12H30O6S5Si2. The highest BCUT2D eigenvalue weighted by atomic mass is 33.5. The van der Waals surface area contributed by atoms with Gasteiger partial charge in [-0.15, -0.1) is 0 Å². The Hall–Kier alpha value is 1.94. The van der Waals surface area contributed by atoms with E-state index in [9.17, 15) is 0 Å². The lowest BCUT2D eigenvalue weighted by Crippen LogP contribution is -2.46. The van der Waals surface area contributed by atoms with Crippen LogP contribution in [-0.4, -0.2) is 94.0 Å². The molecule has 0 atom stereocenters. The van der Waals surface area contributed by atoms with Gasteiger partial charge in [0.1, 0.15) is 0 Å². The van der Waals surface area contributed by atoms with E-state index < -0.39 is 17.6 Å². The SMILES string of the molecule is CO[Si](CSCCSSSCCSC[Si](OC)(OC)OC)(OC)OC. The van der Waals surface area contributed by atoms with Crippen molar-refractivity contribution in [3.8, 4) is 0 Å². The molecule has 0 saturated carbocycles. The number of hydrogen-bond acceptors (Lipinski definition) is 11. The van der Waals surface area contributed by atoms with Crippen LogP contribution in [0, 0.1) is 0 Å². The highest BCUT2D eigenvalue weighted by molar-refractivity contribution is 9.09. The maximum atomic E-state index is 5.40. The Balaban J connectivity index is 3.54. The topological polar surface area (TPSA) is 55.4 Å². The maximum Gasteiger partial charge on any atom is 0.510 e. The van der Waals surface area contributed by atoms with Gasteiger partial charge in [0.05, 0.1) is 10.8 Å². The van der Waals surface area contributed by atoms with Gasteiger partial charge in [-0.25, -0.2) is 0 Å². The molecule has 0 rings (SSSR count). The van der Waals surface area contributed by atoms with Crippen LogP contribution in [0.25, 0.3) is 0 Å². The predicted molar refractivity (Wildman–Crippen MR) is 121 cm³/mol. The summed E-state index contributed by atoms with van der Waals surface area (Å²) in [6.45, 7) is 0. The zero-order chi connectivity index (χ0) is 19.0. The van der Waals surface area contributed by atoms with Crippen LogP contribution in [-0.2, 0) is 26.6 Å². The van der Waals surface area contributed by atoms with Gasteiger partial charge in [-0.1, -0.05) is 21.6 Å². The van der Waals surface area contributed by atoms with Gasteiger partial charge in [0.15, 0.2) is 0 Å². The Kier molecular flexibility index (Phi) is 18.2. The lowest BCUT2D eigenvalue weighted by atomic mass is 11.0. The summed E-state index contributed by atoms with van der Waals surface area (Å²) in [5.74, 6) is 4.29. The predicted octanol–water partition coefficient (Wildman–Crippen LogP) is 3.32. The van der Waals surface area contributed by atoms with Crippen LogP contribution in [0.15, 0.2) is 0 Å². The molecule has 0 aromatic carbocycles. The standard InChI is InChI=1S/C12H30O6S5Si2/c1-13-24(14-2,15-3)11-19-7-9-21-23-22-10-8-20-12-25(16-4,17-5)18-6/h7-12H2,1-6H3. The minimum Gasteiger partial charge on any atom is -0.376 e. The van der Waals surface area contributed by atoms with Gasteiger partial charge in [-0.2, -0.15) is 23.5 Å². The highest BCUT2D eigenvalue weighted by Crippen LogP contribution is 2.35. The molecule has 0 amide bonds. The van der Waals surface area contributed by atoms with E-state index in [2.05, 4.69) is 0 Å². The smallest absolute Gasteiger partial charge is 0.376 e. The molecule has 0 aliphatic heterocycles. The Morgan fingerprint density at radius 3 is 1.12 bits per heavy atom. The second-order valence-corrected chi connectivity index (χ2v) is 18.0. The second-order valence-electron chi connectivity index (χ2n) is 4.41. The first-order valence-electron chi connectivity index (χ1n) is 7.45. The van der Waals surface area contributed by atoms with Crippen molar-refractivity contribution < 1.29 is 26.6 Å². The Morgan fingerprint density at radius 1 is 0.520 bits per heavy atom. The third-order valence-corrected chi connectivity index (χ3v) is 17.1. The molecule has 6 nitrogen and oxygen atoms in total. The molecule has 0 spiro atoms. The maximum absolute atomic E-state index is 5.40. The van der Waals surface area contributed by atoms with Crippen LogP contribution in [0.4, 0.5) is 0 Å². The highest BCUT2D eigenvalue weighted by Gasteiger charge is 2.38. The summed E-state index contributed by atoms with van der Waals surface area (Å²) < 4.78 is 32.4. The molecule has 0 heterocycles. The zero-order valence-corrected chi connectivity index (χ0v) is 21.8. The zero-order valence-electron chi connectivity index (χ0n) is 15.7. The van der Waals surface area contributed by atoms with E-state index >= 15 is 0 Å². The van der Waals surface area contributed by atoms with E-state index in [0.717, 1.165) is 33.8 Å². The summed E-state index contributed by atoms with van der Waals surface area (Å²) in [6, 6.07) is 0. The van der Waals surface area contributed by atoms with Crippen LogP contribution in [0.2, 0.25) is 0 Å². The van der Waals surface area contributed by atoms with Crippen molar-refractivity contribution >= 4 is 72.5 Å². The second kappa shape index (κ2) is 16.9. The molecule has 0 saturated heterocycles. The fourth-order valence-electron chi connectivity index (χ4n) is 1.54. The van der Waals surface area contributed by atoms with Crippen LogP contribution >= 0.6 is 54.9 Å². The van der Waals surface area contributed by atoms with Crippen molar-refractivity contribution in [2.75, 3.05) is 76.4 Å². The molecule has 0 aliphatic carbocycles. The Bertz CT molecular complexity index is 269. The van der Waals surface area contributed by atoms with Crippen molar-refractivity contribution in [2.45, 2.75) is 0 Å². The van der Waals surface area contributed by atoms with E-state index in [-0.39, 0.29) is 0 Å². The Morgan fingerprint density at radius 2 is 0.840 bits per heavy atom. The molecule has 25 heavy (non-hydrogen) atoms. The first-order chi connectivity index (χ1) is 12.1. The van der Waals surface area contributed by atoms with Crippen molar-refractivity contribution in [1.29, 1.82) is 0 Å². The van der Waals surface area contributed by atoms with Crippen LogP contribution in [0.3, 0.4) is 0 Å². The average molecular weight is 487 g/mol. The van der Waals surface area contributed by atoms with Gasteiger partial charge < -0.3 is 26.6 Å². The summed E-state index contributed by atoms with van der Waals surface area (Å²) in [6.07, 6.45) is 0. The summed E-state index contributed by atoms with van der Waals surface area (Å²) in [7, 11) is 10.7. The third kappa shape index (κ3) is 11.5. The molecule has 0 N–H and O–H groups in total. The summed E-state index contributed by atoms with van der Waals surface area (Å²) in [5, 5.41) is 1.57. The molecule has 0 fully saturated rings. The van der Waals surface area contributed by atoms with Gasteiger partial charge in [0, 0.05) is 65.7 Å². The van der Waals surface area contributed by atoms with Crippen molar-refractivity contribution in [2.24, 2.45) is 0 Å².